The van der Waals surface area contributed by atoms with Crippen LogP contribution < -0.4 is 12.4 Å². The van der Waals surface area contributed by atoms with Gasteiger partial charge in [0, 0.05) is 55.4 Å². The number of nitrogens with zero attached hydrogens (tertiary/aromatic N) is 4. The molecule has 1 aliphatic rings. The smallest absolute Gasteiger partial charge is 0.393 e. The summed E-state index contributed by atoms with van der Waals surface area (Å²) in [4.78, 5) is 0. The van der Waals surface area contributed by atoms with E-state index in [0.717, 1.165) is 13.1 Å². The summed E-state index contributed by atoms with van der Waals surface area (Å²) in [6.45, 7) is 2.11. The van der Waals surface area contributed by atoms with E-state index in [0.29, 0.717) is 0 Å². The van der Waals surface area contributed by atoms with Crippen molar-refractivity contribution in [2.75, 3.05) is 55.4 Å². The van der Waals surface area contributed by atoms with Crippen molar-refractivity contribution < 1.29 is 17.0 Å². The van der Waals surface area contributed by atoms with Crippen molar-refractivity contribution in [1.82, 2.24) is 19.1 Å². The van der Waals surface area contributed by atoms with Crippen LogP contribution in [-0.4, -0.2) is 74.5 Å². The van der Waals surface area contributed by atoms with Crippen LogP contribution in [0.5, 0.6) is 0 Å². The summed E-state index contributed by atoms with van der Waals surface area (Å²) in [5, 5.41) is 2.12. The van der Waals surface area contributed by atoms with Crippen LogP contribution in [0.3, 0.4) is 0 Å². The van der Waals surface area contributed by atoms with Crippen LogP contribution in [0.2, 0.25) is 0 Å². The van der Waals surface area contributed by atoms with Gasteiger partial charge in [-0.2, -0.15) is 0 Å². The molecule has 7 heteroatoms. The Bertz CT molecular complexity index is 201. The van der Waals surface area contributed by atoms with Crippen molar-refractivity contribution in [2.45, 2.75) is 12.8 Å². The van der Waals surface area contributed by atoms with E-state index in [2.05, 4.69) is 61.4 Å². The molecule has 0 atom stereocenters. The highest BCUT2D eigenvalue weighted by Crippen LogP contribution is 2.65. The molecule has 0 aromatic rings. The molecule has 0 radical (unpaired) electrons. The Balaban J connectivity index is 0.00000256. The molecule has 0 spiro atoms. The van der Waals surface area contributed by atoms with Crippen LogP contribution in [0.15, 0.2) is 0 Å². The van der Waals surface area contributed by atoms with Gasteiger partial charge in [-0.1, -0.05) is 4.62 Å². The van der Waals surface area contributed by atoms with E-state index in [4.69, 9.17) is 4.62 Å². The van der Waals surface area contributed by atoms with Gasteiger partial charge in [0.15, 0.2) is 0 Å². The zero-order valence-electron chi connectivity index (χ0n) is 11.9. The fourth-order valence-corrected chi connectivity index (χ4v) is 5.28. The third kappa shape index (κ3) is 3.74. The molecule has 0 aromatic carbocycles. The lowest BCUT2D eigenvalue weighted by molar-refractivity contribution is -0.0508. The first kappa shape index (κ1) is 17.5. The molecule has 1 aliphatic heterocycles. The zero-order chi connectivity index (χ0) is 12.3. The maximum atomic E-state index is 6.31. The minimum absolute atomic E-state index is 0. The number of hydroxylamine groups is 2. The van der Waals surface area contributed by atoms with Gasteiger partial charge in [0.1, 0.15) is 0 Å². The Morgan fingerprint density at radius 2 is 1.18 bits per heavy atom. The molecule has 0 aliphatic carbocycles. The van der Waals surface area contributed by atoms with Gasteiger partial charge in [0.05, 0.1) is 0 Å². The summed E-state index contributed by atoms with van der Waals surface area (Å²) < 4.78 is 12.9. The van der Waals surface area contributed by atoms with Crippen molar-refractivity contribution in [3.8, 4) is 0 Å². The zero-order valence-corrected chi connectivity index (χ0v) is 13.5. The minimum atomic E-state index is -1.84. The lowest BCUT2D eigenvalue weighted by atomic mass is 10.4. The van der Waals surface area contributed by atoms with Crippen molar-refractivity contribution in [1.29, 1.82) is 0 Å². The first-order valence-corrected chi connectivity index (χ1v) is 7.35. The molecule has 1 saturated heterocycles. The maximum Gasteiger partial charge on any atom is 0.393 e. The van der Waals surface area contributed by atoms with Crippen LogP contribution in [-0.2, 0) is 4.62 Å². The third-order valence-electron chi connectivity index (χ3n) is 2.85. The maximum absolute atomic E-state index is 6.31. The topological polar surface area (TPSA) is 22.2 Å². The van der Waals surface area contributed by atoms with Gasteiger partial charge in [-0.05, 0) is 12.8 Å². The number of hydrogen-bond acceptors (Lipinski definition) is 5. The third-order valence-corrected chi connectivity index (χ3v) is 6.43. The molecule has 17 heavy (non-hydrogen) atoms. The second-order valence-corrected chi connectivity index (χ2v) is 8.36. The molecule has 0 unspecified atom stereocenters. The van der Waals surface area contributed by atoms with Gasteiger partial charge < -0.3 is 12.4 Å². The van der Waals surface area contributed by atoms with Gasteiger partial charge in [0.2, 0.25) is 0 Å². The molecule has 1 heterocycles. The Hall–Kier alpha value is 0.520. The normalized spacial score (nSPS) is 18.2. The van der Waals surface area contributed by atoms with Gasteiger partial charge in [-0.15, -0.1) is 19.1 Å². The molecule has 0 bridgehead atoms. The van der Waals surface area contributed by atoms with E-state index >= 15 is 0 Å². The van der Waals surface area contributed by atoms with Crippen molar-refractivity contribution in [3.63, 3.8) is 0 Å². The highest BCUT2D eigenvalue weighted by Gasteiger charge is 2.53. The quantitative estimate of drug-likeness (QED) is 0.565. The summed E-state index contributed by atoms with van der Waals surface area (Å²) in [5.74, 6) is 0. The molecule has 0 aromatic heterocycles. The first-order valence-electron chi connectivity index (χ1n) is 5.78. The lowest BCUT2D eigenvalue weighted by Gasteiger charge is -2.38. The molecule has 0 N–H and O–H groups in total. The van der Waals surface area contributed by atoms with E-state index in [9.17, 15) is 0 Å². The Labute approximate surface area is 113 Å². The molecule has 104 valence electrons. The highest BCUT2D eigenvalue weighted by molar-refractivity contribution is 7.64. The predicted molar refractivity (Wildman–Crippen MR) is 69.9 cm³/mol. The number of hydrogen-bond donors (Lipinski definition) is 0. The average molecular weight is 285 g/mol. The van der Waals surface area contributed by atoms with Crippen LogP contribution in [0.25, 0.3) is 0 Å². The van der Waals surface area contributed by atoms with E-state index in [1.807, 2.05) is 0 Å². The van der Waals surface area contributed by atoms with Crippen LogP contribution in [0, 0.1) is 0 Å². The Kier molecular flexibility index (Phi) is 7.41. The van der Waals surface area contributed by atoms with Crippen LogP contribution in [0.4, 0.5) is 0 Å². The lowest BCUT2D eigenvalue weighted by Crippen LogP contribution is -3.00. The molecule has 1 fully saturated rings. The largest absolute Gasteiger partial charge is 1.00 e. The molecular formula is C10H26ClN4OP. The summed E-state index contributed by atoms with van der Waals surface area (Å²) in [6.07, 6.45) is 2.49. The van der Waals surface area contributed by atoms with E-state index in [1.165, 1.54) is 12.8 Å². The van der Waals surface area contributed by atoms with Gasteiger partial charge in [-0.25, -0.2) is 0 Å². The molecule has 0 amide bonds. The number of halogens is 1. The summed E-state index contributed by atoms with van der Waals surface area (Å²) in [5.41, 5.74) is 0. The van der Waals surface area contributed by atoms with E-state index < -0.39 is 7.94 Å². The molecule has 0 saturated carbocycles. The summed E-state index contributed by atoms with van der Waals surface area (Å²) in [6, 6.07) is 0. The predicted octanol–water partition coefficient (Wildman–Crippen LogP) is -1.62. The fourth-order valence-electron chi connectivity index (χ4n) is 2.22. The van der Waals surface area contributed by atoms with E-state index in [1.54, 1.807) is 0 Å². The standard InChI is InChI=1S/C10H26N4OP.ClH/c1-11(2)16(12(3)4,13(5)6)15-14-9-7-8-10-14;/h7-10H2,1-6H3;1H/q+1;/p-1. The van der Waals surface area contributed by atoms with Crippen molar-refractivity contribution in [3.05, 3.63) is 0 Å². The van der Waals surface area contributed by atoms with Gasteiger partial charge in [0.25, 0.3) is 0 Å². The highest BCUT2D eigenvalue weighted by atomic mass is 35.5. The molecule has 5 nitrogen and oxygen atoms in total. The van der Waals surface area contributed by atoms with Crippen LogP contribution in [0.1, 0.15) is 12.8 Å². The molecule has 1 rings (SSSR count). The SMILES string of the molecule is CN(C)[P+](ON1CCCC1)(N(C)C)N(C)C.[Cl-]. The Morgan fingerprint density at radius 3 is 1.47 bits per heavy atom. The second kappa shape index (κ2) is 7.19. The van der Waals surface area contributed by atoms with Crippen molar-refractivity contribution >= 4 is 7.94 Å². The monoisotopic (exact) mass is 284 g/mol. The van der Waals surface area contributed by atoms with Crippen molar-refractivity contribution in [2.24, 2.45) is 0 Å². The van der Waals surface area contributed by atoms with Gasteiger partial charge >= 0.3 is 7.94 Å². The summed E-state index contributed by atoms with van der Waals surface area (Å²) >= 11 is 0. The average Bonchev–Trinajstić information content (AvgIpc) is 2.64. The van der Waals surface area contributed by atoms with Crippen LogP contribution >= 0.6 is 7.94 Å². The van der Waals surface area contributed by atoms with Gasteiger partial charge in [-0.3, -0.25) is 0 Å². The number of rotatable bonds is 5. The molecular weight excluding hydrogens is 259 g/mol. The van der Waals surface area contributed by atoms with E-state index in [-0.39, 0.29) is 12.4 Å². The minimum Gasteiger partial charge on any atom is -1.00 e. The Morgan fingerprint density at radius 1 is 0.824 bits per heavy atom. The first-order chi connectivity index (χ1) is 7.41. The summed E-state index contributed by atoms with van der Waals surface area (Å²) in [7, 11) is 10.7. The second-order valence-electron chi connectivity index (χ2n) is 4.77. The fraction of sp³-hybridized carbons (Fsp3) is 1.00.